The highest BCUT2D eigenvalue weighted by Crippen LogP contribution is 1.94. The summed E-state index contributed by atoms with van der Waals surface area (Å²) in [5.41, 5.74) is 5.60. The van der Waals surface area contributed by atoms with Gasteiger partial charge in [0.2, 0.25) is 5.91 Å². The molecule has 1 atom stereocenters. The Kier molecular flexibility index (Phi) is 7.37. The van der Waals surface area contributed by atoms with Crippen molar-refractivity contribution in [2.75, 3.05) is 20.8 Å². The van der Waals surface area contributed by atoms with Crippen molar-refractivity contribution in [3.63, 3.8) is 0 Å². The van der Waals surface area contributed by atoms with Gasteiger partial charge in [-0.25, -0.2) is 0 Å². The first kappa shape index (κ1) is 13.4. The molecule has 5 heteroatoms. The molecular weight excluding hydrogens is 184 g/mol. The molecule has 0 radical (unpaired) electrons. The molecule has 0 spiro atoms. The third-order valence-electron chi connectivity index (χ3n) is 1.91. The van der Waals surface area contributed by atoms with Gasteiger partial charge in [0, 0.05) is 14.2 Å². The zero-order chi connectivity index (χ0) is 11.0. The fourth-order valence-corrected chi connectivity index (χ4v) is 1.02. The number of amides is 1. The molecule has 0 aromatic rings. The van der Waals surface area contributed by atoms with Gasteiger partial charge in [0.05, 0.1) is 12.6 Å². The molecule has 0 saturated heterocycles. The van der Waals surface area contributed by atoms with Crippen LogP contribution in [-0.2, 0) is 14.3 Å². The molecule has 14 heavy (non-hydrogen) atoms. The van der Waals surface area contributed by atoms with Crippen LogP contribution in [0.4, 0.5) is 0 Å². The molecule has 0 saturated carbocycles. The molecule has 0 fully saturated rings. The van der Waals surface area contributed by atoms with Gasteiger partial charge in [0.1, 0.15) is 0 Å². The number of nitrogens with one attached hydrogen (secondary N) is 1. The maximum Gasteiger partial charge on any atom is 0.237 e. The van der Waals surface area contributed by atoms with Gasteiger partial charge in [-0.1, -0.05) is 13.3 Å². The van der Waals surface area contributed by atoms with Crippen LogP contribution in [0, 0.1) is 0 Å². The van der Waals surface area contributed by atoms with E-state index in [0.717, 1.165) is 6.42 Å². The molecule has 3 N–H and O–H groups in total. The van der Waals surface area contributed by atoms with E-state index in [1.807, 2.05) is 6.92 Å². The molecule has 0 bridgehead atoms. The topological polar surface area (TPSA) is 73.6 Å². The van der Waals surface area contributed by atoms with E-state index in [1.165, 1.54) is 14.2 Å². The zero-order valence-corrected chi connectivity index (χ0v) is 9.08. The van der Waals surface area contributed by atoms with Crippen LogP contribution in [0.15, 0.2) is 0 Å². The first-order valence-corrected chi connectivity index (χ1v) is 4.74. The summed E-state index contributed by atoms with van der Waals surface area (Å²) >= 11 is 0. The summed E-state index contributed by atoms with van der Waals surface area (Å²) in [6.07, 6.45) is 1.18. The van der Waals surface area contributed by atoms with E-state index in [4.69, 9.17) is 15.2 Å². The maximum atomic E-state index is 11.3. The summed E-state index contributed by atoms with van der Waals surface area (Å²) in [7, 11) is 3.04. The first-order chi connectivity index (χ1) is 6.65. The second kappa shape index (κ2) is 7.73. The lowest BCUT2D eigenvalue weighted by Gasteiger charge is -2.16. The van der Waals surface area contributed by atoms with Crippen molar-refractivity contribution in [2.24, 2.45) is 5.73 Å². The van der Waals surface area contributed by atoms with Crippen LogP contribution in [0.2, 0.25) is 0 Å². The van der Waals surface area contributed by atoms with Crippen LogP contribution in [-0.4, -0.2) is 39.0 Å². The lowest BCUT2D eigenvalue weighted by molar-refractivity contribution is -0.128. The Bertz CT molecular complexity index is 160. The summed E-state index contributed by atoms with van der Waals surface area (Å²) in [5, 5.41) is 2.66. The minimum Gasteiger partial charge on any atom is -0.354 e. The molecule has 1 amide bonds. The monoisotopic (exact) mass is 204 g/mol. The number of carbonyl (C=O) groups excluding carboxylic acids is 1. The second-order valence-electron chi connectivity index (χ2n) is 3.04. The molecule has 0 aliphatic rings. The largest absolute Gasteiger partial charge is 0.354 e. The number of hydrogen-bond acceptors (Lipinski definition) is 4. The lowest BCUT2D eigenvalue weighted by Crippen LogP contribution is -2.44. The third-order valence-corrected chi connectivity index (χ3v) is 1.91. The summed E-state index contributed by atoms with van der Waals surface area (Å²) in [6.45, 7) is 2.31. The minimum atomic E-state index is -0.436. The highest BCUT2D eigenvalue weighted by Gasteiger charge is 2.13. The molecule has 0 aliphatic carbocycles. The van der Waals surface area contributed by atoms with Gasteiger partial charge in [-0.05, 0) is 6.42 Å². The zero-order valence-electron chi connectivity index (χ0n) is 9.08. The smallest absolute Gasteiger partial charge is 0.237 e. The fraction of sp³-hybridized carbons (Fsp3) is 0.889. The Balaban J connectivity index is 3.71. The Hall–Kier alpha value is -0.650. The van der Waals surface area contributed by atoms with Crippen molar-refractivity contribution in [3.8, 4) is 0 Å². The van der Waals surface area contributed by atoms with Gasteiger partial charge in [-0.2, -0.15) is 0 Å². The van der Waals surface area contributed by atoms with Gasteiger partial charge < -0.3 is 20.5 Å². The van der Waals surface area contributed by atoms with E-state index in [-0.39, 0.29) is 5.91 Å². The predicted octanol–water partition coefficient (Wildman–Crippen LogP) is -0.151. The average Bonchev–Trinajstić information content (AvgIpc) is 2.19. The van der Waals surface area contributed by atoms with E-state index in [2.05, 4.69) is 5.32 Å². The summed E-state index contributed by atoms with van der Waals surface area (Å²) in [6, 6.07) is -0.436. The number of methoxy groups -OCH3 is 2. The van der Waals surface area contributed by atoms with Gasteiger partial charge in [-0.15, -0.1) is 0 Å². The van der Waals surface area contributed by atoms with E-state index in [9.17, 15) is 4.79 Å². The molecule has 84 valence electrons. The number of hydrogen-bond donors (Lipinski definition) is 2. The van der Waals surface area contributed by atoms with Crippen LogP contribution in [0.1, 0.15) is 19.8 Å². The van der Waals surface area contributed by atoms with Crippen molar-refractivity contribution >= 4 is 5.91 Å². The number of ether oxygens (including phenoxy) is 2. The molecule has 5 nitrogen and oxygen atoms in total. The van der Waals surface area contributed by atoms with Crippen LogP contribution in [0.3, 0.4) is 0 Å². The molecule has 0 aliphatic heterocycles. The SMILES string of the molecule is CCC[C@H](N)C(=O)NCC(OC)OC. The molecule has 0 heterocycles. The molecule has 0 aromatic carbocycles. The van der Waals surface area contributed by atoms with Crippen LogP contribution < -0.4 is 11.1 Å². The van der Waals surface area contributed by atoms with Crippen molar-refractivity contribution in [2.45, 2.75) is 32.1 Å². The number of carbonyl (C=O) groups is 1. The van der Waals surface area contributed by atoms with Crippen molar-refractivity contribution in [1.29, 1.82) is 0 Å². The van der Waals surface area contributed by atoms with Crippen LogP contribution in [0.25, 0.3) is 0 Å². The number of rotatable bonds is 7. The highest BCUT2D eigenvalue weighted by molar-refractivity contribution is 5.81. The summed E-state index contributed by atoms with van der Waals surface area (Å²) in [4.78, 5) is 11.3. The Morgan fingerprint density at radius 2 is 2.00 bits per heavy atom. The van der Waals surface area contributed by atoms with Gasteiger partial charge in [0.25, 0.3) is 0 Å². The Labute approximate surface area is 84.9 Å². The van der Waals surface area contributed by atoms with Gasteiger partial charge in [-0.3, -0.25) is 4.79 Å². The Morgan fingerprint density at radius 3 is 2.43 bits per heavy atom. The molecule has 0 rings (SSSR count). The fourth-order valence-electron chi connectivity index (χ4n) is 1.02. The second-order valence-corrected chi connectivity index (χ2v) is 3.04. The predicted molar refractivity (Wildman–Crippen MR) is 53.7 cm³/mol. The normalized spacial score (nSPS) is 12.9. The van der Waals surface area contributed by atoms with Gasteiger partial charge >= 0.3 is 0 Å². The number of nitrogens with two attached hydrogens (primary N) is 1. The van der Waals surface area contributed by atoms with Crippen molar-refractivity contribution in [3.05, 3.63) is 0 Å². The van der Waals surface area contributed by atoms with Gasteiger partial charge in [0.15, 0.2) is 6.29 Å². The van der Waals surface area contributed by atoms with E-state index in [0.29, 0.717) is 13.0 Å². The highest BCUT2D eigenvalue weighted by atomic mass is 16.7. The first-order valence-electron chi connectivity index (χ1n) is 4.74. The quantitative estimate of drug-likeness (QED) is 0.566. The van der Waals surface area contributed by atoms with Crippen molar-refractivity contribution in [1.82, 2.24) is 5.32 Å². The van der Waals surface area contributed by atoms with Crippen LogP contribution >= 0.6 is 0 Å². The summed E-state index contributed by atoms with van der Waals surface area (Å²) in [5.74, 6) is -0.161. The molecule has 0 aromatic heterocycles. The third kappa shape index (κ3) is 5.16. The average molecular weight is 204 g/mol. The molecule has 0 unspecified atom stereocenters. The Morgan fingerprint density at radius 1 is 1.43 bits per heavy atom. The molecular formula is C9H20N2O3. The maximum absolute atomic E-state index is 11.3. The minimum absolute atomic E-state index is 0.161. The van der Waals surface area contributed by atoms with Crippen molar-refractivity contribution < 1.29 is 14.3 Å². The standard InChI is InChI=1S/C9H20N2O3/c1-4-5-7(10)9(12)11-6-8(13-2)14-3/h7-8H,4-6,10H2,1-3H3,(H,11,12)/t7-/m0/s1. The van der Waals surface area contributed by atoms with E-state index < -0.39 is 12.3 Å². The van der Waals surface area contributed by atoms with E-state index in [1.54, 1.807) is 0 Å². The lowest BCUT2D eigenvalue weighted by atomic mass is 10.2. The van der Waals surface area contributed by atoms with E-state index >= 15 is 0 Å². The summed E-state index contributed by atoms with van der Waals surface area (Å²) < 4.78 is 9.82. The van der Waals surface area contributed by atoms with Crippen LogP contribution in [0.5, 0.6) is 0 Å².